The van der Waals surface area contributed by atoms with Gasteiger partial charge in [0.1, 0.15) is 0 Å². The molecule has 0 bridgehead atoms. The number of carbonyl (C=O) groups is 1. The second kappa shape index (κ2) is 7.10. The van der Waals surface area contributed by atoms with Crippen molar-refractivity contribution in [3.8, 4) is 0 Å². The number of ether oxygens (including phenoxy) is 1. The van der Waals surface area contributed by atoms with Crippen molar-refractivity contribution in [2.24, 2.45) is 23.5 Å². The Kier molecular flexibility index (Phi) is 5.70. The summed E-state index contributed by atoms with van der Waals surface area (Å²) in [7, 11) is 0. The fourth-order valence-corrected chi connectivity index (χ4v) is 2.97. The van der Waals surface area contributed by atoms with E-state index >= 15 is 0 Å². The normalized spacial score (nSPS) is 24.9. The van der Waals surface area contributed by atoms with Gasteiger partial charge in [0, 0.05) is 26.3 Å². The van der Waals surface area contributed by atoms with Crippen molar-refractivity contribution >= 4 is 18.3 Å². The van der Waals surface area contributed by atoms with Crippen LogP contribution in [0.1, 0.15) is 38.5 Å². The molecule has 20 heavy (non-hydrogen) atoms. The van der Waals surface area contributed by atoms with Crippen molar-refractivity contribution in [3.05, 3.63) is 0 Å². The van der Waals surface area contributed by atoms with Gasteiger partial charge in [-0.05, 0) is 56.3 Å². The molecule has 1 atom stereocenters. The Hall–Kier alpha value is -0.320. The Balaban J connectivity index is 0.00000147. The Morgan fingerprint density at radius 1 is 1.05 bits per heavy atom. The van der Waals surface area contributed by atoms with E-state index in [9.17, 15) is 4.79 Å². The van der Waals surface area contributed by atoms with E-state index in [0.717, 1.165) is 51.0 Å². The minimum atomic E-state index is -0.304. The zero-order valence-corrected chi connectivity index (χ0v) is 12.9. The van der Waals surface area contributed by atoms with Crippen LogP contribution in [-0.4, -0.2) is 43.2 Å². The zero-order valence-electron chi connectivity index (χ0n) is 12.1. The van der Waals surface area contributed by atoms with Gasteiger partial charge in [0.2, 0.25) is 5.91 Å². The van der Waals surface area contributed by atoms with Gasteiger partial charge in [-0.2, -0.15) is 0 Å². The van der Waals surface area contributed by atoms with Gasteiger partial charge in [-0.15, -0.1) is 12.4 Å². The minimum absolute atomic E-state index is 0. The molecule has 3 rings (SSSR count). The SMILES string of the molecule is Cl.NC(C(=O)N(CC1CC1)CC1CC1)C1CCOCC1. The third-order valence-electron chi connectivity index (χ3n) is 4.72. The summed E-state index contributed by atoms with van der Waals surface area (Å²) in [6.45, 7) is 3.42. The Bertz CT molecular complexity index is 312. The molecular formula is C15H27ClN2O2. The first-order valence-electron chi connectivity index (χ1n) is 7.86. The fourth-order valence-electron chi connectivity index (χ4n) is 2.97. The summed E-state index contributed by atoms with van der Waals surface area (Å²) in [5, 5.41) is 0. The highest BCUT2D eigenvalue weighted by molar-refractivity contribution is 5.85. The molecule has 0 spiro atoms. The minimum Gasteiger partial charge on any atom is -0.381 e. The predicted molar refractivity (Wildman–Crippen MR) is 80.8 cm³/mol. The highest BCUT2D eigenvalue weighted by Crippen LogP contribution is 2.34. The molecule has 4 nitrogen and oxygen atoms in total. The molecule has 3 fully saturated rings. The molecule has 5 heteroatoms. The number of carbonyl (C=O) groups excluding carboxylic acids is 1. The van der Waals surface area contributed by atoms with E-state index in [0.29, 0.717) is 5.92 Å². The molecule has 0 aromatic carbocycles. The van der Waals surface area contributed by atoms with Crippen LogP contribution >= 0.6 is 12.4 Å². The summed E-state index contributed by atoms with van der Waals surface area (Å²) in [6, 6.07) is -0.304. The second-order valence-electron chi connectivity index (χ2n) is 6.61. The van der Waals surface area contributed by atoms with E-state index in [1.165, 1.54) is 25.7 Å². The maximum absolute atomic E-state index is 12.6. The lowest BCUT2D eigenvalue weighted by Gasteiger charge is -2.31. The summed E-state index contributed by atoms with van der Waals surface area (Å²) >= 11 is 0. The number of nitrogens with zero attached hydrogens (tertiary/aromatic N) is 1. The van der Waals surface area contributed by atoms with Crippen molar-refractivity contribution in [1.82, 2.24) is 4.90 Å². The van der Waals surface area contributed by atoms with E-state index in [4.69, 9.17) is 10.5 Å². The van der Waals surface area contributed by atoms with E-state index in [1.54, 1.807) is 0 Å². The van der Waals surface area contributed by atoms with Crippen molar-refractivity contribution in [2.45, 2.75) is 44.6 Å². The van der Waals surface area contributed by atoms with E-state index in [1.807, 2.05) is 0 Å². The van der Waals surface area contributed by atoms with Crippen molar-refractivity contribution in [2.75, 3.05) is 26.3 Å². The topological polar surface area (TPSA) is 55.6 Å². The number of hydrogen-bond donors (Lipinski definition) is 1. The maximum Gasteiger partial charge on any atom is 0.239 e. The van der Waals surface area contributed by atoms with Gasteiger partial charge >= 0.3 is 0 Å². The van der Waals surface area contributed by atoms with Crippen LogP contribution in [0.3, 0.4) is 0 Å². The van der Waals surface area contributed by atoms with Crippen LogP contribution in [0, 0.1) is 17.8 Å². The van der Waals surface area contributed by atoms with Gasteiger partial charge in [0.25, 0.3) is 0 Å². The van der Waals surface area contributed by atoms with Crippen LogP contribution in [0.25, 0.3) is 0 Å². The number of halogens is 1. The van der Waals surface area contributed by atoms with E-state index < -0.39 is 0 Å². The van der Waals surface area contributed by atoms with E-state index in [-0.39, 0.29) is 24.4 Å². The van der Waals surface area contributed by atoms with Crippen molar-refractivity contribution in [3.63, 3.8) is 0 Å². The molecule has 2 aliphatic carbocycles. The quantitative estimate of drug-likeness (QED) is 0.814. The fraction of sp³-hybridized carbons (Fsp3) is 0.933. The zero-order chi connectivity index (χ0) is 13.2. The largest absolute Gasteiger partial charge is 0.381 e. The lowest BCUT2D eigenvalue weighted by molar-refractivity contribution is -0.135. The molecule has 0 aromatic rings. The molecule has 3 aliphatic rings. The monoisotopic (exact) mass is 302 g/mol. The van der Waals surface area contributed by atoms with Gasteiger partial charge in [-0.3, -0.25) is 4.79 Å². The predicted octanol–water partition coefficient (Wildman–Crippen LogP) is 1.81. The third-order valence-corrected chi connectivity index (χ3v) is 4.72. The number of hydrogen-bond acceptors (Lipinski definition) is 3. The molecule has 0 radical (unpaired) electrons. The average Bonchev–Trinajstić information content (AvgIpc) is 3.32. The third kappa shape index (κ3) is 4.34. The molecule has 1 saturated heterocycles. The van der Waals surface area contributed by atoms with Crippen molar-refractivity contribution < 1.29 is 9.53 Å². The van der Waals surface area contributed by atoms with Crippen LogP contribution in [0.15, 0.2) is 0 Å². The van der Waals surface area contributed by atoms with Gasteiger partial charge in [0.05, 0.1) is 6.04 Å². The summed E-state index contributed by atoms with van der Waals surface area (Å²) in [5.41, 5.74) is 6.24. The van der Waals surface area contributed by atoms with Gasteiger partial charge in [-0.1, -0.05) is 0 Å². The first-order valence-corrected chi connectivity index (χ1v) is 7.86. The smallest absolute Gasteiger partial charge is 0.239 e. The maximum atomic E-state index is 12.6. The second-order valence-corrected chi connectivity index (χ2v) is 6.61. The Labute approximate surface area is 127 Å². The van der Waals surface area contributed by atoms with Crippen LogP contribution in [-0.2, 0) is 9.53 Å². The van der Waals surface area contributed by atoms with E-state index in [2.05, 4.69) is 4.90 Å². The Morgan fingerprint density at radius 2 is 1.55 bits per heavy atom. The Morgan fingerprint density at radius 3 is 2.00 bits per heavy atom. The highest BCUT2D eigenvalue weighted by atomic mass is 35.5. The molecule has 1 aliphatic heterocycles. The van der Waals surface area contributed by atoms with Crippen LogP contribution < -0.4 is 5.73 Å². The molecular weight excluding hydrogens is 276 g/mol. The van der Waals surface area contributed by atoms with Crippen LogP contribution in [0.4, 0.5) is 0 Å². The molecule has 2 saturated carbocycles. The number of rotatable bonds is 6. The summed E-state index contributed by atoms with van der Waals surface area (Å²) < 4.78 is 5.36. The lowest BCUT2D eigenvalue weighted by Crippen LogP contribution is -2.50. The van der Waals surface area contributed by atoms with Gasteiger partial charge in [-0.25, -0.2) is 0 Å². The summed E-state index contributed by atoms with van der Waals surface area (Å²) in [4.78, 5) is 14.7. The van der Waals surface area contributed by atoms with Gasteiger partial charge < -0.3 is 15.4 Å². The van der Waals surface area contributed by atoms with Crippen LogP contribution in [0.2, 0.25) is 0 Å². The molecule has 1 heterocycles. The first-order chi connectivity index (χ1) is 9.24. The highest BCUT2D eigenvalue weighted by Gasteiger charge is 2.35. The summed E-state index contributed by atoms with van der Waals surface area (Å²) in [5.74, 6) is 2.03. The number of amides is 1. The standard InChI is InChI=1S/C15H26N2O2.ClH/c16-14(13-5-7-19-8-6-13)15(18)17(9-11-1-2-11)10-12-3-4-12;/h11-14H,1-10,16H2;1H. The average molecular weight is 303 g/mol. The molecule has 116 valence electrons. The van der Waals surface area contributed by atoms with Crippen molar-refractivity contribution in [1.29, 1.82) is 0 Å². The van der Waals surface area contributed by atoms with Crippen LogP contribution in [0.5, 0.6) is 0 Å². The number of nitrogens with two attached hydrogens (primary N) is 1. The summed E-state index contributed by atoms with van der Waals surface area (Å²) in [6.07, 6.45) is 7.05. The van der Waals surface area contributed by atoms with Gasteiger partial charge in [0.15, 0.2) is 0 Å². The molecule has 1 amide bonds. The molecule has 2 N–H and O–H groups in total. The molecule has 1 unspecified atom stereocenters. The lowest BCUT2D eigenvalue weighted by atomic mass is 9.91. The molecule has 0 aromatic heterocycles. The first kappa shape index (κ1) is 16.1.